The van der Waals surface area contributed by atoms with Crippen molar-refractivity contribution in [3.63, 3.8) is 0 Å². The lowest BCUT2D eigenvalue weighted by atomic mass is 9.85. The van der Waals surface area contributed by atoms with Crippen LogP contribution in [0.3, 0.4) is 0 Å². The molecule has 2 fully saturated rings. The number of thioether (sulfide) groups is 2. The van der Waals surface area contributed by atoms with Crippen molar-refractivity contribution in [3.05, 3.63) is 11.7 Å². The summed E-state index contributed by atoms with van der Waals surface area (Å²) in [6, 6.07) is 0.195. The van der Waals surface area contributed by atoms with Crippen LogP contribution in [0, 0.1) is 0 Å². The molecular weight excluding hydrogens is 266 g/mol. The molecule has 0 aromatic carbocycles. The van der Waals surface area contributed by atoms with Gasteiger partial charge in [0.05, 0.1) is 11.2 Å². The minimum atomic E-state index is 0.195. The molecule has 100 valence electrons. The van der Waals surface area contributed by atoms with Crippen LogP contribution < -0.4 is 5.73 Å². The summed E-state index contributed by atoms with van der Waals surface area (Å²) in [5.41, 5.74) is 6.16. The number of hydrogen-bond donors (Lipinski definition) is 1. The Bertz CT molecular complexity index is 392. The van der Waals surface area contributed by atoms with Gasteiger partial charge in [0.2, 0.25) is 5.89 Å². The van der Waals surface area contributed by atoms with Crippen LogP contribution in [0.25, 0.3) is 0 Å². The molecule has 3 unspecified atom stereocenters. The topological polar surface area (TPSA) is 64.9 Å². The third-order valence-electron chi connectivity index (χ3n) is 3.70. The first-order valence-electron chi connectivity index (χ1n) is 6.63. The van der Waals surface area contributed by atoms with E-state index in [2.05, 4.69) is 10.1 Å². The van der Waals surface area contributed by atoms with Crippen molar-refractivity contribution in [3.8, 4) is 0 Å². The van der Waals surface area contributed by atoms with Gasteiger partial charge in [0.1, 0.15) is 0 Å². The summed E-state index contributed by atoms with van der Waals surface area (Å²) in [7, 11) is 0. The van der Waals surface area contributed by atoms with Gasteiger partial charge in [-0.05, 0) is 12.8 Å². The quantitative estimate of drug-likeness (QED) is 0.901. The molecule has 2 aliphatic rings. The second-order valence-electron chi connectivity index (χ2n) is 4.98. The molecular formula is C12H19N3OS2. The van der Waals surface area contributed by atoms with Gasteiger partial charge >= 0.3 is 0 Å². The van der Waals surface area contributed by atoms with Crippen molar-refractivity contribution >= 4 is 23.5 Å². The SMILES string of the molecule is NC1CCCCC1c1nc(C2CSCCS2)no1. The van der Waals surface area contributed by atoms with Crippen LogP contribution in [0.4, 0.5) is 0 Å². The lowest BCUT2D eigenvalue weighted by molar-refractivity contribution is 0.289. The first-order valence-corrected chi connectivity index (χ1v) is 8.83. The molecule has 1 aromatic rings. The van der Waals surface area contributed by atoms with Crippen LogP contribution in [0.5, 0.6) is 0 Å². The Hall–Kier alpha value is -0.200. The van der Waals surface area contributed by atoms with E-state index in [1.165, 1.54) is 24.3 Å². The summed E-state index contributed by atoms with van der Waals surface area (Å²) in [6.07, 6.45) is 4.63. The summed E-state index contributed by atoms with van der Waals surface area (Å²) < 4.78 is 5.46. The van der Waals surface area contributed by atoms with Gasteiger partial charge in [0.25, 0.3) is 0 Å². The summed E-state index contributed by atoms with van der Waals surface area (Å²) in [5.74, 6) is 5.44. The molecule has 1 saturated heterocycles. The van der Waals surface area contributed by atoms with Gasteiger partial charge < -0.3 is 10.3 Å². The molecule has 2 N–H and O–H groups in total. The molecule has 0 amide bonds. The van der Waals surface area contributed by atoms with Gasteiger partial charge in [-0.1, -0.05) is 18.0 Å². The van der Waals surface area contributed by atoms with E-state index in [4.69, 9.17) is 10.3 Å². The van der Waals surface area contributed by atoms with E-state index in [1.54, 1.807) is 0 Å². The zero-order valence-corrected chi connectivity index (χ0v) is 12.0. The third-order valence-corrected chi connectivity index (χ3v) is 6.45. The number of hydrogen-bond acceptors (Lipinski definition) is 6. The van der Waals surface area contributed by atoms with Crippen LogP contribution in [0.15, 0.2) is 4.52 Å². The van der Waals surface area contributed by atoms with Crippen molar-refractivity contribution in [1.29, 1.82) is 0 Å². The Morgan fingerprint density at radius 3 is 2.89 bits per heavy atom. The molecule has 0 radical (unpaired) electrons. The van der Waals surface area contributed by atoms with Gasteiger partial charge in [0.15, 0.2) is 5.82 Å². The van der Waals surface area contributed by atoms with E-state index in [-0.39, 0.29) is 12.0 Å². The molecule has 0 spiro atoms. The summed E-state index contributed by atoms with van der Waals surface area (Å²) >= 11 is 3.92. The molecule has 3 rings (SSSR count). The second kappa shape index (κ2) is 5.84. The molecule has 0 bridgehead atoms. The smallest absolute Gasteiger partial charge is 0.231 e. The summed E-state index contributed by atoms with van der Waals surface area (Å²) in [6.45, 7) is 0. The minimum absolute atomic E-state index is 0.195. The number of nitrogens with zero attached hydrogens (tertiary/aromatic N) is 2. The highest BCUT2D eigenvalue weighted by molar-refractivity contribution is 8.06. The Balaban J connectivity index is 1.71. The number of nitrogens with two attached hydrogens (primary N) is 1. The standard InChI is InChI=1S/C12H19N3OS2/c13-9-4-2-1-3-8(9)12-14-11(15-16-12)10-7-17-5-6-18-10/h8-10H,1-7,13H2. The maximum absolute atomic E-state index is 6.16. The summed E-state index contributed by atoms with van der Waals surface area (Å²) in [5, 5.41) is 4.58. The fourth-order valence-corrected chi connectivity index (χ4v) is 5.22. The van der Waals surface area contributed by atoms with Gasteiger partial charge in [-0.25, -0.2) is 0 Å². The predicted octanol–water partition coefficient (Wildman–Crippen LogP) is 2.58. The first kappa shape index (κ1) is 12.8. The third kappa shape index (κ3) is 2.70. The maximum atomic E-state index is 6.16. The highest BCUT2D eigenvalue weighted by atomic mass is 32.2. The fraction of sp³-hybridized carbons (Fsp3) is 0.833. The van der Waals surface area contributed by atoms with Gasteiger partial charge in [-0.15, -0.1) is 11.8 Å². The molecule has 1 aromatic heterocycles. The first-order chi connectivity index (χ1) is 8.84. The lowest BCUT2D eigenvalue weighted by Gasteiger charge is -2.25. The molecule has 1 aliphatic heterocycles. The molecule has 18 heavy (non-hydrogen) atoms. The van der Waals surface area contributed by atoms with Crippen molar-refractivity contribution < 1.29 is 4.52 Å². The van der Waals surface area contributed by atoms with E-state index in [0.717, 1.165) is 30.3 Å². The van der Waals surface area contributed by atoms with E-state index in [1.807, 2.05) is 23.5 Å². The molecule has 1 aliphatic carbocycles. The van der Waals surface area contributed by atoms with Crippen LogP contribution in [-0.2, 0) is 0 Å². The zero-order valence-electron chi connectivity index (χ0n) is 10.4. The largest absolute Gasteiger partial charge is 0.339 e. The van der Waals surface area contributed by atoms with Crippen molar-refractivity contribution in [2.45, 2.75) is 42.9 Å². The molecule has 4 nitrogen and oxygen atoms in total. The molecule has 1 saturated carbocycles. The highest BCUT2D eigenvalue weighted by Gasteiger charge is 2.30. The fourth-order valence-electron chi connectivity index (χ4n) is 2.63. The normalized spacial score (nSPS) is 33.5. The zero-order chi connectivity index (χ0) is 12.4. The van der Waals surface area contributed by atoms with E-state index < -0.39 is 0 Å². The number of rotatable bonds is 2. The maximum Gasteiger partial charge on any atom is 0.231 e. The van der Waals surface area contributed by atoms with Crippen molar-refractivity contribution in [1.82, 2.24) is 10.1 Å². The Labute approximate surface area is 116 Å². The Morgan fingerprint density at radius 2 is 2.11 bits per heavy atom. The average molecular weight is 285 g/mol. The minimum Gasteiger partial charge on any atom is -0.339 e. The predicted molar refractivity (Wildman–Crippen MR) is 76.0 cm³/mol. The van der Waals surface area contributed by atoms with Crippen LogP contribution in [0.2, 0.25) is 0 Å². The van der Waals surface area contributed by atoms with Crippen molar-refractivity contribution in [2.75, 3.05) is 17.3 Å². The van der Waals surface area contributed by atoms with Crippen LogP contribution >= 0.6 is 23.5 Å². The highest BCUT2D eigenvalue weighted by Crippen LogP contribution is 2.37. The Kier molecular flexibility index (Phi) is 4.16. The van der Waals surface area contributed by atoms with E-state index >= 15 is 0 Å². The molecule has 6 heteroatoms. The Morgan fingerprint density at radius 1 is 1.22 bits per heavy atom. The van der Waals surface area contributed by atoms with Crippen LogP contribution in [0.1, 0.15) is 48.6 Å². The lowest BCUT2D eigenvalue weighted by Crippen LogP contribution is -2.31. The number of aromatic nitrogens is 2. The van der Waals surface area contributed by atoms with Gasteiger partial charge in [0, 0.05) is 23.3 Å². The van der Waals surface area contributed by atoms with Crippen molar-refractivity contribution in [2.24, 2.45) is 5.73 Å². The van der Waals surface area contributed by atoms with Gasteiger partial charge in [-0.3, -0.25) is 0 Å². The second-order valence-corrected chi connectivity index (χ2v) is 7.44. The molecule has 3 atom stereocenters. The monoisotopic (exact) mass is 285 g/mol. The average Bonchev–Trinajstić information content (AvgIpc) is 2.90. The van der Waals surface area contributed by atoms with E-state index in [9.17, 15) is 0 Å². The molecule has 2 heterocycles. The summed E-state index contributed by atoms with van der Waals surface area (Å²) in [4.78, 5) is 4.62. The van der Waals surface area contributed by atoms with E-state index in [0.29, 0.717) is 5.25 Å². The van der Waals surface area contributed by atoms with Gasteiger partial charge in [-0.2, -0.15) is 16.7 Å². The van der Waals surface area contributed by atoms with Crippen LogP contribution in [-0.4, -0.2) is 33.4 Å².